The molecule has 0 N–H and O–H groups in total. The number of hydrogen-bond donors (Lipinski definition) is 0. The second-order valence-corrected chi connectivity index (χ2v) is 3.99. The summed E-state index contributed by atoms with van der Waals surface area (Å²) in [5.41, 5.74) is 2.84. The molecule has 2 rings (SSSR count). The fraction of sp³-hybridized carbons (Fsp3) is 0.286. The maximum atomic E-state index is 2.34. The number of allylic oxidation sites excluding steroid dienone is 4. The van der Waals surface area contributed by atoms with Gasteiger partial charge in [0.15, 0.2) is 0 Å². The molecule has 1 unspecified atom stereocenters. The molecule has 0 saturated heterocycles. The summed E-state index contributed by atoms with van der Waals surface area (Å²) in [5, 5.41) is 0. The van der Waals surface area contributed by atoms with Gasteiger partial charge in [-0.15, -0.1) is 0 Å². The van der Waals surface area contributed by atoms with Crippen LogP contribution in [-0.4, -0.2) is 0 Å². The molecule has 0 saturated carbocycles. The van der Waals surface area contributed by atoms with E-state index in [0.717, 1.165) is 0 Å². The first kappa shape index (κ1) is 9.26. The Morgan fingerprint density at radius 3 is 2.64 bits per heavy atom. The molecule has 0 amide bonds. The van der Waals surface area contributed by atoms with E-state index in [1.807, 2.05) is 0 Å². The molecule has 72 valence electrons. The summed E-state index contributed by atoms with van der Waals surface area (Å²) in [7, 11) is 0. The van der Waals surface area contributed by atoms with Gasteiger partial charge < -0.3 is 0 Å². The number of benzene rings is 1. The normalized spacial score (nSPS) is 20.6. The van der Waals surface area contributed by atoms with Crippen molar-refractivity contribution in [2.24, 2.45) is 5.92 Å². The monoisotopic (exact) mass is 184 g/mol. The lowest BCUT2D eigenvalue weighted by Crippen LogP contribution is -2.02. The lowest BCUT2D eigenvalue weighted by Gasteiger charge is -2.14. The molecule has 1 aromatic carbocycles. The van der Waals surface area contributed by atoms with E-state index in [1.165, 1.54) is 24.0 Å². The molecule has 14 heavy (non-hydrogen) atoms. The second kappa shape index (κ2) is 4.28. The fourth-order valence-corrected chi connectivity index (χ4v) is 1.84. The van der Waals surface area contributed by atoms with Crippen LogP contribution in [0.1, 0.15) is 18.9 Å². The Labute approximate surface area is 86.0 Å². The largest absolute Gasteiger partial charge is 0.0810 e. The fourth-order valence-electron chi connectivity index (χ4n) is 1.84. The van der Waals surface area contributed by atoms with Gasteiger partial charge in [-0.25, -0.2) is 0 Å². The van der Waals surface area contributed by atoms with E-state index in [1.54, 1.807) is 0 Å². The highest BCUT2D eigenvalue weighted by Crippen LogP contribution is 2.20. The lowest BCUT2D eigenvalue weighted by atomic mass is 9.91. The topological polar surface area (TPSA) is 0 Å². The van der Waals surface area contributed by atoms with Crippen molar-refractivity contribution in [3.8, 4) is 0 Å². The van der Waals surface area contributed by atoms with Crippen LogP contribution in [0, 0.1) is 5.92 Å². The van der Waals surface area contributed by atoms with Crippen LogP contribution in [0.2, 0.25) is 0 Å². The van der Waals surface area contributed by atoms with Crippen LogP contribution >= 0.6 is 0 Å². The summed E-state index contributed by atoms with van der Waals surface area (Å²) < 4.78 is 0. The van der Waals surface area contributed by atoms with Gasteiger partial charge in [-0.2, -0.15) is 0 Å². The Kier molecular flexibility index (Phi) is 2.83. The van der Waals surface area contributed by atoms with Crippen molar-refractivity contribution in [2.45, 2.75) is 19.8 Å². The maximum absolute atomic E-state index is 2.34. The average Bonchev–Trinajstić information content (AvgIpc) is 2.23. The zero-order chi connectivity index (χ0) is 9.80. The van der Waals surface area contributed by atoms with E-state index in [4.69, 9.17) is 0 Å². The van der Waals surface area contributed by atoms with Crippen molar-refractivity contribution in [1.82, 2.24) is 0 Å². The van der Waals surface area contributed by atoms with Gasteiger partial charge in [0.1, 0.15) is 0 Å². The zero-order valence-electron chi connectivity index (χ0n) is 8.61. The lowest BCUT2D eigenvalue weighted by molar-refractivity contribution is 0.649. The van der Waals surface area contributed by atoms with Crippen LogP contribution in [0.3, 0.4) is 0 Å². The molecule has 0 heteroatoms. The van der Waals surface area contributed by atoms with Gasteiger partial charge in [0.05, 0.1) is 0 Å². The molecule has 0 bridgehead atoms. The Hall–Kier alpha value is -1.30. The molecule has 1 aliphatic carbocycles. The molecule has 0 aliphatic heterocycles. The Bertz CT molecular complexity index is 344. The van der Waals surface area contributed by atoms with Crippen molar-refractivity contribution >= 4 is 0 Å². The maximum Gasteiger partial charge on any atom is -0.0155 e. The second-order valence-electron chi connectivity index (χ2n) is 3.99. The van der Waals surface area contributed by atoms with Gasteiger partial charge in [-0.1, -0.05) is 54.1 Å². The van der Waals surface area contributed by atoms with Gasteiger partial charge in [0.25, 0.3) is 0 Å². The molecule has 1 aliphatic rings. The third-order valence-corrected chi connectivity index (χ3v) is 2.71. The van der Waals surface area contributed by atoms with Gasteiger partial charge in [0, 0.05) is 0 Å². The van der Waals surface area contributed by atoms with E-state index in [-0.39, 0.29) is 0 Å². The zero-order valence-corrected chi connectivity index (χ0v) is 8.61. The molecule has 0 heterocycles. The van der Waals surface area contributed by atoms with Crippen LogP contribution in [0.5, 0.6) is 0 Å². The third-order valence-electron chi connectivity index (χ3n) is 2.71. The number of rotatable bonds is 2. The minimum atomic E-state index is 0.695. The van der Waals surface area contributed by atoms with Gasteiger partial charge in [-0.3, -0.25) is 0 Å². The average molecular weight is 184 g/mol. The summed E-state index contributed by atoms with van der Waals surface area (Å²) in [6.07, 6.45) is 9.26. The molecule has 0 spiro atoms. The summed E-state index contributed by atoms with van der Waals surface area (Å²) in [6, 6.07) is 10.7. The van der Waals surface area contributed by atoms with E-state index in [2.05, 4.69) is 55.5 Å². The summed E-state index contributed by atoms with van der Waals surface area (Å²) >= 11 is 0. The molecule has 1 atom stereocenters. The first-order chi connectivity index (χ1) is 6.84. The van der Waals surface area contributed by atoms with Gasteiger partial charge in [-0.05, 0) is 31.2 Å². The standard InChI is InChI=1S/C14H16/c1-12-7-9-14(10-8-12)11-13-5-3-2-4-6-13/h2-9,14H,10-11H2,1H3. The Balaban J connectivity index is 1.98. The Morgan fingerprint density at radius 2 is 2.00 bits per heavy atom. The highest BCUT2D eigenvalue weighted by atomic mass is 14.1. The van der Waals surface area contributed by atoms with Crippen molar-refractivity contribution in [1.29, 1.82) is 0 Å². The van der Waals surface area contributed by atoms with Crippen molar-refractivity contribution < 1.29 is 0 Å². The quantitative estimate of drug-likeness (QED) is 0.656. The van der Waals surface area contributed by atoms with Crippen molar-refractivity contribution in [2.75, 3.05) is 0 Å². The molecule has 0 radical (unpaired) electrons. The smallest absolute Gasteiger partial charge is 0.0155 e. The minimum absolute atomic E-state index is 0.695. The van der Waals surface area contributed by atoms with Crippen molar-refractivity contribution in [3.05, 3.63) is 59.7 Å². The molecule has 0 aromatic heterocycles. The van der Waals surface area contributed by atoms with E-state index in [9.17, 15) is 0 Å². The van der Waals surface area contributed by atoms with Crippen molar-refractivity contribution in [3.63, 3.8) is 0 Å². The first-order valence-electron chi connectivity index (χ1n) is 5.23. The van der Waals surface area contributed by atoms with E-state index < -0.39 is 0 Å². The van der Waals surface area contributed by atoms with E-state index in [0.29, 0.717) is 5.92 Å². The van der Waals surface area contributed by atoms with Crippen LogP contribution in [0.4, 0.5) is 0 Å². The summed E-state index contributed by atoms with van der Waals surface area (Å²) in [6.45, 7) is 2.16. The molecule has 0 nitrogen and oxygen atoms in total. The minimum Gasteiger partial charge on any atom is -0.0810 e. The summed E-state index contributed by atoms with van der Waals surface area (Å²) in [5.74, 6) is 0.695. The third kappa shape index (κ3) is 2.35. The predicted octanol–water partition coefficient (Wildman–Crippen LogP) is 3.75. The van der Waals surface area contributed by atoms with Crippen LogP contribution < -0.4 is 0 Å². The van der Waals surface area contributed by atoms with Gasteiger partial charge in [0.2, 0.25) is 0 Å². The van der Waals surface area contributed by atoms with Crippen LogP contribution in [0.25, 0.3) is 0 Å². The summed E-state index contributed by atoms with van der Waals surface area (Å²) in [4.78, 5) is 0. The Morgan fingerprint density at radius 1 is 1.21 bits per heavy atom. The number of hydrogen-bond acceptors (Lipinski definition) is 0. The van der Waals surface area contributed by atoms with Gasteiger partial charge >= 0.3 is 0 Å². The molecule has 0 fully saturated rings. The molecular weight excluding hydrogens is 168 g/mol. The highest BCUT2D eigenvalue weighted by Gasteiger charge is 2.07. The highest BCUT2D eigenvalue weighted by molar-refractivity contribution is 5.24. The first-order valence-corrected chi connectivity index (χ1v) is 5.23. The SMILES string of the molecule is CC1=CCC(Cc2ccccc2)C=C1. The molecular formula is C14H16. The molecule has 1 aromatic rings. The predicted molar refractivity (Wildman–Crippen MR) is 61.2 cm³/mol. The van der Waals surface area contributed by atoms with Crippen LogP contribution in [-0.2, 0) is 6.42 Å². The van der Waals surface area contributed by atoms with E-state index >= 15 is 0 Å². The van der Waals surface area contributed by atoms with Crippen LogP contribution in [0.15, 0.2) is 54.1 Å².